The molecule has 0 heterocycles. The van der Waals surface area contributed by atoms with E-state index in [4.69, 9.17) is 23.4 Å². The molecule has 0 fully saturated rings. The van der Waals surface area contributed by atoms with Crippen molar-refractivity contribution >= 4 is 40.7 Å². The number of benzene rings is 2. The number of rotatable bonds is 4. The molecule has 0 aromatic heterocycles. The van der Waals surface area contributed by atoms with E-state index in [0.717, 1.165) is 16.9 Å². The predicted octanol–water partition coefficient (Wildman–Crippen LogP) is 4.27. The van der Waals surface area contributed by atoms with Crippen molar-refractivity contribution in [1.82, 2.24) is 0 Å². The van der Waals surface area contributed by atoms with Crippen molar-refractivity contribution in [3.8, 4) is 0 Å². The summed E-state index contributed by atoms with van der Waals surface area (Å²) in [5.41, 5.74) is 2.50. The van der Waals surface area contributed by atoms with Gasteiger partial charge in [0.2, 0.25) is 5.91 Å². The molecular formula is C16H16Cl2N2O. The molecule has 5 heteroatoms. The van der Waals surface area contributed by atoms with Gasteiger partial charge in [-0.1, -0.05) is 29.8 Å². The third kappa shape index (κ3) is 3.90. The van der Waals surface area contributed by atoms with Gasteiger partial charge in [-0.3, -0.25) is 9.21 Å². The predicted molar refractivity (Wildman–Crippen MR) is 89.2 cm³/mol. The molecule has 0 aliphatic heterocycles. The number of carbonyl (C=O) groups excluding carboxylic acids is 1. The van der Waals surface area contributed by atoms with Crippen LogP contribution in [0.2, 0.25) is 5.02 Å². The minimum absolute atomic E-state index is 0.0774. The summed E-state index contributed by atoms with van der Waals surface area (Å²) in [7, 11) is 1.73. The van der Waals surface area contributed by atoms with Gasteiger partial charge in [-0.05, 0) is 42.8 Å². The number of para-hydroxylation sites is 1. The SMILES string of the molecule is Cc1cc(N(Cl)CC(=O)N(C)c2ccccc2)ccc1Cl. The van der Waals surface area contributed by atoms with Crippen LogP contribution in [0.15, 0.2) is 48.5 Å². The second kappa shape index (κ2) is 6.83. The molecule has 110 valence electrons. The molecule has 0 saturated carbocycles. The summed E-state index contributed by atoms with van der Waals surface area (Å²) in [6.07, 6.45) is 0. The molecule has 2 rings (SSSR count). The molecule has 2 aromatic carbocycles. The Bertz CT molecular complexity index is 631. The minimum atomic E-state index is -0.0937. The summed E-state index contributed by atoms with van der Waals surface area (Å²) in [5, 5.41) is 0.677. The van der Waals surface area contributed by atoms with Gasteiger partial charge >= 0.3 is 0 Å². The molecule has 3 nitrogen and oxygen atoms in total. The molecule has 0 spiro atoms. The number of aryl methyl sites for hydroxylation is 1. The Balaban J connectivity index is 2.06. The largest absolute Gasteiger partial charge is 0.314 e. The first-order valence-corrected chi connectivity index (χ1v) is 7.21. The van der Waals surface area contributed by atoms with Gasteiger partial charge in [-0.15, -0.1) is 0 Å². The molecule has 21 heavy (non-hydrogen) atoms. The van der Waals surface area contributed by atoms with Gasteiger partial charge in [0, 0.05) is 29.5 Å². The number of halogens is 2. The van der Waals surface area contributed by atoms with Gasteiger partial charge in [0.05, 0.1) is 5.69 Å². The van der Waals surface area contributed by atoms with E-state index in [-0.39, 0.29) is 12.5 Å². The van der Waals surface area contributed by atoms with Crippen LogP contribution in [-0.2, 0) is 4.79 Å². The quantitative estimate of drug-likeness (QED) is 0.785. The highest BCUT2D eigenvalue weighted by molar-refractivity contribution is 6.31. The van der Waals surface area contributed by atoms with Gasteiger partial charge in [-0.2, -0.15) is 0 Å². The fourth-order valence-electron chi connectivity index (χ4n) is 1.89. The number of amides is 1. The number of hydrogen-bond donors (Lipinski definition) is 0. The standard InChI is InChI=1S/C16H16Cl2N2O/c1-12-10-14(8-9-15(12)17)20(18)11-16(21)19(2)13-6-4-3-5-7-13/h3-10H,11H2,1-2H3. The van der Waals surface area contributed by atoms with E-state index in [0.29, 0.717) is 5.02 Å². The number of nitrogens with zero attached hydrogens (tertiary/aromatic N) is 2. The van der Waals surface area contributed by atoms with Crippen molar-refractivity contribution in [2.24, 2.45) is 0 Å². The topological polar surface area (TPSA) is 23.6 Å². The zero-order valence-electron chi connectivity index (χ0n) is 11.9. The number of anilines is 2. The Morgan fingerprint density at radius 1 is 1.10 bits per heavy atom. The Morgan fingerprint density at radius 2 is 1.76 bits per heavy atom. The van der Waals surface area contributed by atoms with Crippen molar-refractivity contribution in [2.75, 3.05) is 22.9 Å². The molecule has 0 aliphatic carbocycles. The average Bonchev–Trinajstić information content (AvgIpc) is 2.50. The Kier molecular flexibility index (Phi) is 5.10. The second-order valence-electron chi connectivity index (χ2n) is 4.74. The van der Waals surface area contributed by atoms with Crippen LogP contribution in [-0.4, -0.2) is 19.5 Å². The Morgan fingerprint density at radius 3 is 2.38 bits per heavy atom. The van der Waals surface area contributed by atoms with Crippen molar-refractivity contribution in [1.29, 1.82) is 0 Å². The fraction of sp³-hybridized carbons (Fsp3) is 0.188. The minimum Gasteiger partial charge on any atom is -0.314 e. The van der Waals surface area contributed by atoms with Crippen LogP contribution in [0.4, 0.5) is 11.4 Å². The molecule has 0 radical (unpaired) electrons. The van der Waals surface area contributed by atoms with E-state index in [1.807, 2.05) is 43.3 Å². The lowest BCUT2D eigenvalue weighted by Crippen LogP contribution is -2.34. The van der Waals surface area contributed by atoms with Crippen LogP contribution >= 0.6 is 23.4 Å². The molecule has 0 atom stereocenters. The van der Waals surface area contributed by atoms with E-state index in [2.05, 4.69) is 0 Å². The van der Waals surface area contributed by atoms with Crippen molar-refractivity contribution in [3.63, 3.8) is 0 Å². The highest BCUT2D eigenvalue weighted by Crippen LogP contribution is 2.24. The smallest absolute Gasteiger partial charge is 0.247 e. The van der Waals surface area contributed by atoms with Crippen molar-refractivity contribution < 1.29 is 4.79 Å². The Labute approximate surface area is 134 Å². The zero-order valence-corrected chi connectivity index (χ0v) is 13.4. The number of hydrogen-bond acceptors (Lipinski definition) is 2. The lowest BCUT2D eigenvalue weighted by molar-refractivity contribution is -0.116. The summed E-state index contributed by atoms with van der Waals surface area (Å²) in [4.78, 5) is 13.8. The maximum Gasteiger partial charge on any atom is 0.247 e. The summed E-state index contributed by atoms with van der Waals surface area (Å²) in [6, 6.07) is 14.9. The monoisotopic (exact) mass is 322 g/mol. The highest BCUT2D eigenvalue weighted by Gasteiger charge is 2.15. The molecule has 0 saturated heterocycles. The van der Waals surface area contributed by atoms with Crippen LogP contribution in [0.5, 0.6) is 0 Å². The summed E-state index contributed by atoms with van der Waals surface area (Å²) in [6.45, 7) is 1.97. The third-order valence-corrected chi connectivity index (χ3v) is 3.95. The van der Waals surface area contributed by atoms with Crippen LogP contribution in [0, 0.1) is 6.92 Å². The average molecular weight is 323 g/mol. The van der Waals surface area contributed by atoms with Gasteiger partial charge in [-0.25, -0.2) is 0 Å². The third-order valence-electron chi connectivity index (χ3n) is 3.21. The van der Waals surface area contributed by atoms with Gasteiger partial charge < -0.3 is 4.90 Å². The molecule has 0 aliphatic rings. The van der Waals surface area contributed by atoms with Gasteiger partial charge in [0.1, 0.15) is 6.54 Å². The highest BCUT2D eigenvalue weighted by atomic mass is 35.5. The van der Waals surface area contributed by atoms with Crippen LogP contribution < -0.4 is 9.32 Å². The van der Waals surface area contributed by atoms with E-state index >= 15 is 0 Å². The van der Waals surface area contributed by atoms with Crippen LogP contribution in [0.25, 0.3) is 0 Å². The van der Waals surface area contributed by atoms with Crippen LogP contribution in [0.1, 0.15) is 5.56 Å². The Hall–Kier alpha value is -1.71. The first-order valence-electron chi connectivity index (χ1n) is 6.50. The zero-order chi connectivity index (χ0) is 15.4. The van der Waals surface area contributed by atoms with E-state index in [1.165, 1.54) is 4.42 Å². The summed E-state index contributed by atoms with van der Waals surface area (Å²) < 4.78 is 1.39. The van der Waals surface area contributed by atoms with E-state index in [9.17, 15) is 4.79 Å². The number of carbonyl (C=O) groups is 1. The molecule has 0 unspecified atom stereocenters. The molecule has 0 bridgehead atoms. The normalized spacial score (nSPS) is 10.3. The lowest BCUT2D eigenvalue weighted by atomic mass is 10.2. The molecule has 1 amide bonds. The van der Waals surface area contributed by atoms with Crippen molar-refractivity contribution in [2.45, 2.75) is 6.92 Å². The summed E-state index contributed by atoms with van der Waals surface area (Å²) >= 11 is 12.2. The lowest BCUT2D eigenvalue weighted by Gasteiger charge is -2.21. The van der Waals surface area contributed by atoms with Gasteiger partial charge in [0.25, 0.3) is 0 Å². The van der Waals surface area contributed by atoms with Crippen molar-refractivity contribution in [3.05, 3.63) is 59.1 Å². The summed E-state index contributed by atoms with van der Waals surface area (Å²) in [5.74, 6) is -0.0937. The molecular weight excluding hydrogens is 307 g/mol. The maximum atomic E-state index is 12.3. The molecule has 0 N–H and O–H groups in total. The first-order chi connectivity index (χ1) is 9.99. The van der Waals surface area contributed by atoms with E-state index in [1.54, 1.807) is 24.1 Å². The maximum absolute atomic E-state index is 12.3. The van der Waals surface area contributed by atoms with Gasteiger partial charge in [0.15, 0.2) is 0 Å². The van der Waals surface area contributed by atoms with Crippen LogP contribution in [0.3, 0.4) is 0 Å². The molecule has 2 aromatic rings. The second-order valence-corrected chi connectivity index (χ2v) is 5.56. The fourth-order valence-corrected chi connectivity index (χ4v) is 2.22. The number of likely N-dealkylation sites (N-methyl/N-ethyl adjacent to an activating group) is 1. The first kappa shape index (κ1) is 15.7. The van der Waals surface area contributed by atoms with E-state index < -0.39 is 0 Å².